The lowest BCUT2D eigenvalue weighted by Gasteiger charge is -2.35. The molecule has 0 spiro atoms. The number of nitrogens with one attached hydrogen (secondary N) is 1. The van der Waals surface area contributed by atoms with Crippen molar-refractivity contribution in [2.45, 2.75) is 52.2 Å². The number of fused-ring (bicyclic) bond motifs is 1. The second-order valence-electron chi connectivity index (χ2n) is 7.31. The number of carbonyl (C=O) groups is 2. The first-order chi connectivity index (χ1) is 12.9. The summed E-state index contributed by atoms with van der Waals surface area (Å²) < 4.78 is 6.31. The van der Waals surface area contributed by atoms with E-state index in [0.29, 0.717) is 11.8 Å². The number of amides is 1. The van der Waals surface area contributed by atoms with E-state index < -0.39 is 12.1 Å². The third-order valence-corrected chi connectivity index (χ3v) is 6.37. The fourth-order valence-electron chi connectivity index (χ4n) is 3.45. The average molecular weight is 387 g/mol. The number of para-hydroxylation sites is 1. The Labute approximate surface area is 163 Å². The molecule has 1 aromatic heterocycles. The number of nitrogens with zero attached hydrogens (tertiary/aromatic N) is 1. The van der Waals surface area contributed by atoms with Crippen LogP contribution in [0.5, 0.6) is 0 Å². The van der Waals surface area contributed by atoms with Crippen LogP contribution in [0.25, 0.3) is 16.3 Å². The van der Waals surface area contributed by atoms with Crippen LogP contribution in [0.4, 0.5) is 0 Å². The van der Waals surface area contributed by atoms with Gasteiger partial charge in [0.1, 0.15) is 5.01 Å². The highest BCUT2D eigenvalue weighted by Crippen LogP contribution is 2.29. The minimum Gasteiger partial charge on any atom is -0.449 e. The van der Waals surface area contributed by atoms with E-state index in [1.54, 1.807) is 13.0 Å². The predicted octanol–water partition coefficient (Wildman–Crippen LogP) is 4.18. The number of aromatic nitrogens is 1. The Morgan fingerprint density at radius 1 is 1.30 bits per heavy atom. The Kier molecular flexibility index (Phi) is 6.26. The SMILES string of the molecule is C[C@@H]1[C@H](C)CCC[C@@H]1NC(=O)[C@@H](C)OC(=O)/C=C/c1nc2ccccc2s1. The van der Waals surface area contributed by atoms with Crippen molar-refractivity contribution in [3.8, 4) is 0 Å². The summed E-state index contributed by atoms with van der Waals surface area (Å²) >= 11 is 1.50. The number of carbonyl (C=O) groups excluding carboxylic acids is 2. The molecule has 0 saturated heterocycles. The van der Waals surface area contributed by atoms with Gasteiger partial charge in [0.15, 0.2) is 6.10 Å². The Bertz CT molecular complexity index is 812. The number of esters is 1. The van der Waals surface area contributed by atoms with Crippen molar-refractivity contribution in [3.63, 3.8) is 0 Å². The summed E-state index contributed by atoms with van der Waals surface area (Å²) in [6, 6.07) is 7.96. The van der Waals surface area contributed by atoms with E-state index in [-0.39, 0.29) is 11.9 Å². The fraction of sp³-hybridized carbons (Fsp3) is 0.476. The number of thiazole rings is 1. The Morgan fingerprint density at radius 3 is 2.85 bits per heavy atom. The number of rotatable bonds is 5. The molecule has 27 heavy (non-hydrogen) atoms. The van der Waals surface area contributed by atoms with E-state index in [4.69, 9.17) is 4.74 Å². The average Bonchev–Trinajstić information content (AvgIpc) is 3.06. The standard InChI is InChI=1S/C21H26N2O3S/c1-13-7-6-9-16(14(13)2)23-21(25)15(3)26-20(24)12-11-19-22-17-8-4-5-10-18(17)27-19/h4-5,8,10-16H,6-7,9H2,1-3H3,(H,23,25)/b12-11+/t13-,14-,15-,16+/m1/s1. The van der Waals surface area contributed by atoms with Gasteiger partial charge in [-0.3, -0.25) is 4.79 Å². The molecule has 6 heteroatoms. The number of ether oxygens (including phenoxy) is 1. The van der Waals surface area contributed by atoms with Crippen molar-refractivity contribution in [2.75, 3.05) is 0 Å². The topological polar surface area (TPSA) is 68.3 Å². The largest absolute Gasteiger partial charge is 0.449 e. The highest BCUT2D eigenvalue weighted by molar-refractivity contribution is 7.19. The van der Waals surface area contributed by atoms with E-state index in [2.05, 4.69) is 24.1 Å². The maximum absolute atomic E-state index is 12.4. The molecule has 0 bridgehead atoms. The lowest BCUT2D eigenvalue weighted by Crippen LogP contribution is -2.47. The Hall–Kier alpha value is -2.21. The number of hydrogen-bond donors (Lipinski definition) is 1. The maximum atomic E-state index is 12.4. The molecule has 1 saturated carbocycles. The van der Waals surface area contributed by atoms with Crippen molar-refractivity contribution >= 4 is 39.5 Å². The van der Waals surface area contributed by atoms with Crippen molar-refractivity contribution < 1.29 is 14.3 Å². The molecule has 0 aliphatic heterocycles. The normalized spacial score (nSPS) is 24.0. The molecule has 144 valence electrons. The van der Waals surface area contributed by atoms with Gasteiger partial charge >= 0.3 is 5.97 Å². The van der Waals surface area contributed by atoms with Crippen molar-refractivity contribution in [1.29, 1.82) is 0 Å². The molecule has 1 heterocycles. The van der Waals surface area contributed by atoms with E-state index in [0.717, 1.165) is 28.1 Å². The molecule has 0 radical (unpaired) electrons. The van der Waals surface area contributed by atoms with Gasteiger partial charge in [0.2, 0.25) is 0 Å². The zero-order valence-electron chi connectivity index (χ0n) is 16.0. The van der Waals surface area contributed by atoms with Crippen LogP contribution in [0.15, 0.2) is 30.3 Å². The molecular weight excluding hydrogens is 360 g/mol. The van der Waals surface area contributed by atoms with Crippen LogP contribution in [0.3, 0.4) is 0 Å². The second kappa shape index (κ2) is 8.65. The van der Waals surface area contributed by atoms with Crippen LogP contribution in [0.1, 0.15) is 45.0 Å². The summed E-state index contributed by atoms with van der Waals surface area (Å²) in [4.78, 5) is 28.8. The van der Waals surface area contributed by atoms with Crippen molar-refractivity contribution in [1.82, 2.24) is 10.3 Å². The fourth-order valence-corrected chi connectivity index (χ4v) is 4.32. The highest BCUT2D eigenvalue weighted by Gasteiger charge is 2.29. The third-order valence-electron chi connectivity index (χ3n) is 5.37. The molecule has 2 aromatic rings. The summed E-state index contributed by atoms with van der Waals surface area (Å²) in [5, 5.41) is 3.78. The van der Waals surface area contributed by atoms with Gasteiger partial charge in [-0.1, -0.05) is 38.8 Å². The van der Waals surface area contributed by atoms with Gasteiger partial charge < -0.3 is 10.1 Å². The van der Waals surface area contributed by atoms with E-state index >= 15 is 0 Å². The number of benzene rings is 1. The van der Waals surface area contributed by atoms with Gasteiger partial charge in [-0.15, -0.1) is 11.3 Å². The smallest absolute Gasteiger partial charge is 0.331 e. The first-order valence-electron chi connectivity index (χ1n) is 9.48. The van der Waals surface area contributed by atoms with Gasteiger partial charge in [-0.2, -0.15) is 0 Å². The lowest BCUT2D eigenvalue weighted by molar-refractivity contribution is -0.150. The van der Waals surface area contributed by atoms with Crippen molar-refractivity contribution in [3.05, 3.63) is 35.3 Å². The molecule has 1 fully saturated rings. The molecule has 1 aromatic carbocycles. The summed E-state index contributed by atoms with van der Waals surface area (Å²) in [5.74, 6) is 0.257. The quantitative estimate of drug-likeness (QED) is 0.618. The summed E-state index contributed by atoms with van der Waals surface area (Å²) in [7, 11) is 0. The second-order valence-corrected chi connectivity index (χ2v) is 8.38. The molecule has 1 aliphatic rings. The molecule has 0 unspecified atom stereocenters. The molecule has 1 amide bonds. The lowest BCUT2D eigenvalue weighted by atomic mass is 9.78. The molecule has 1 aliphatic carbocycles. The first-order valence-corrected chi connectivity index (χ1v) is 10.3. The zero-order valence-corrected chi connectivity index (χ0v) is 16.8. The molecule has 5 nitrogen and oxygen atoms in total. The molecule has 3 rings (SSSR count). The maximum Gasteiger partial charge on any atom is 0.331 e. The summed E-state index contributed by atoms with van der Waals surface area (Å²) in [6.45, 7) is 6.00. The van der Waals surface area contributed by atoms with Crippen LogP contribution in [0, 0.1) is 11.8 Å². The van der Waals surface area contributed by atoms with Crippen molar-refractivity contribution in [2.24, 2.45) is 11.8 Å². The summed E-state index contributed by atoms with van der Waals surface area (Å²) in [6.07, 6.45) is 5.44. The van der Waals surface area contributed by atoms with E-state index in [9.17, 15) is 9.59 Å². The van der Waals surface area contributed by atoms with Crippen LogP contribution in [0.2, 0.25) is 0 Å². The van der Waals surface area contributed by atoms with Gasteiger partial charge in [-0.25, -0.2) is 9.78 Å². The third kappa shape index (κ3) is 4.95. The van der Waals surface area contributed by atoms with E-state index in [1.165, 1.54) is 23.8 Å². The van der Waals surface area contributed by atoms with Crippen LogP contribution >= 0.6 is 11.3 Å². The van der Waals surface area contributed by atoms with Gasteiger partial charge in [0.25, 0.3) is 5.91 Å². The molecular formula is C21H26N2O3S. The highest BCUT2D eigenvalue weighted by atomic mass is 32.1. The monoisotopic (exact) mass is 386 g/mol. The van der Waals surface area contributed by atoms with Crippen LogP contribution < -0.4 is 5.32 Å². The van der Waals surface area contributed by atoms with Gasteiger partial charge in [0, 0.05) is 12.1 Å². The van der Waals surface area contributed by atoms with Crippen LogP contribution in [-0.2, 0) is 14.3 Å². The Morgan fingerprint density at radius 2 is 2.07 bits per heavy atom. The Balaban J connectivity index is 1.52. The minimum absolute atomic E-state index is 0.153. The number of hydrogen-bond acceptors (Lipinski definition) is 5. The van der Waals surface area contributed by atoms with E-state index in [1.807, 2.05) is 24.3 Å². The zero-order chi connectivity index (χ0) is 19.4. The van der Waals surface area contributed by atoms with Crippen LogP contribution in [-0.4, -0.2) is 29.0 Å². The van der Waals surface area contributed by atoms with Gasteiger partial charge in [-0.05, 0) is 43.4 Å². The van der Waals surface area contributed by atoms with Gasteiger partial charge in [0.05, 0.1) is 10.2 Å². The predicted molar refractivity (Wildman–Crippen MR) is 108 cm³/mol. The summed E-state index contributed by atoms with van der Waals surface area (Å²) in [5.41, 5.74) is 0.902. The minimum atomic E-state index is -0.818. The molecule has 4 atom stereocenters. The first kappa shape index (κ1) is 19.5. The molecule has 1 N–H and O–H groups in total.